The number of hydrogen-bond acceptors (Lipinski definition) is 6. The van der Waals surface area contributed by atoms with Crippen LogP contribution in [0.5, 0.6) is 0 Å². The molecule has 142 valence electrons. The van der Waals surface area contributed by atoms with E-state index in [2.05, 4.69) is 0 Å². The van der Waals surface area contributed by atoms with Crippen molar-refractivity contribution in [2.75, 3.05) is 26.2 Å². The van der Waals surface area contributed by atoms with E-state index in [0.717, 1.165) is 12.5 Å². The molecule has 0 aromatic heterocycles. The number of nitrogens with zero attached hydrogens (tertiary/aromatic N) is 2. The van der Waals surface area contributed by atoms with Crippen molar-refractivity contribution in [2.45, 2.75) is 30.3 Å². The minimum absolute atomic E-state index is 0. The molecule has 1 heterocycles. The quantitative estimate of drug-likeness (QED) is 0.415. The molecule has 2 rings (SSSR count). The lowest BCUT2D eigenvalue weighted by Gasteiger charge is -2.31. The molecule has 0 spiro atoms. The Morgan fingerprint density at radius 2 is 2.00 bits per heavy atom. The summed E-state index contributed by atoms with van der Waals surface area (Å²) >= 11 is 5.74. The number of benzene rings is 1. The van der Waals surface area contributed by atoms with E-state index < -0.39 is 20.6 Å². The fourth-order valence-corrected chi connectivity index (χ4v) is 4.34. The fraction of sp³-hybridized carbons (Fsp3) is 0.571. The van der Waals surface area contributed by atoms with E-state index in [1.165, 1.54) is 16.4 Å². The Labute approximate surface area is 157 Å². The van der Waals surface area contributed by atoms with E-state index in [1.807, 2.05) is 0 Å². The highest BCUT2D eigenvalue weighted by Crippen LogP contribution is 2.31. The zero-order valence-electron chi connectivity index (χ0n) is 13.5. The van der Waals surface area contributed by atoms with Crippen molar-refractivity contribution in [3.8, 4) is 0 Å². The normalized spacial score (nSPS) is 16.4. The zero-order chi connectivity index (χ0) is 17.7. The lowest BCUT2D eigenvalue weighted by Crippen LogP contribution is -2.41. The molecule has 0 atom stereocenters. The minimum Gasteiger partial charge on any atom is -0.378 e. The van der Waals surface area contributed by atoms with Crippen LogP contribution in [0, 0.1) is 10.1 Å². The van der Waals surface area contributed by atoms with Gasteiger partial charge in [0.15, 0.2) is 4.90 Å². The first-order valence-electron chi connectivity index (χ1n) is 7.62. The molecule has 0 unspecified atom stereocenters. The van der Waals surface area contributed by atoms with E-state index in [-0.39, 0.29) is 41.5 Å². The fourth-order valence-electron chi connectivity index (χ4n) is 2.56. The number of piperidine rings is 1. The van der Waals surface area contributed by atoms with Gasteiger partial charge in [-0.15, -0.1) is 12.4 Å². The summed E-state index contributed by atoms with van der Waals surface area (Å²) in [6.07, 6.45) is 1.84. The van der Waals surface area contributed by atoms with Gasteiger partial charge in [0.2, 0.25) is 10.0 Å². The highest BCUT2D eigenvalue weighted by atomic mass is 35.5. The molecule has 8 nitrogen and oxygen atoms in total. The van der Waals surface area contributed by atoms with E-state index in [1.54, 1.807) is 0 Å². The highest BCUT2D eigenvalue weighted by Gasteiger charge is 2.34. The molecular weight excluding hydrogens is 393 g/mol. The molecule has 11 heteroatoms. The van der Waals surface area contributed by atoms with Crippen LogP contribution in [0.1, 0.15) is 19.3 Å². The van der Waals surface area contributed by atoms with Crippen LogP contribution in [0.3, 0.4) is 0 Å². The molecule has 0 bridgehead atoms. The molecular formula is C14H21Cl2N3O5S. The Morgan fingerprint density at radius 1 is 1.36 bits per heavy atom. The van der Waals surface area contributed by atoms with Crippen molar-refractivity contribution in [3.63, 3.8) is 0 Å². The van der Waals surface area contributed by atoms with Gasteiger partial charge in [0.05, 0.1) is 11.0 Å². The number of nitrogens with two attached hydrogens (primary N) is 1. The summed E-state index contributed by atoms with van der Waals surface area (Å²) in [6, 6.07) is 3.57. The Morgan fingerprint density at radius 3 is 2.56 bits per heavy atom. The average molecular weight is 414 g/mol. The van der Waals surface area contributed by atoms with Crippen LogP contribution in [0.25, 0.3) is 0 Å². The van der Waals surface area contributed by atoms with Crippen LogP contribution in [0.15, 0.2) is 23.1 Å². The first-order chi connectivity index (χ1) is 11.4. The highest BCUT2D eigenvalue weighted by molar-refractivity contribution is 7.89. The van der Waals surface area contributed by atoms with Gasteiger partial charge in [-0.1, -0.05) is 11.6 Å². The molecule has 1 saturated heterocycles. The minimum atomic E-state index is -3.95. The van der Waals surface area contributed by atoms with Crippen molar-refractivity contribution in [1.29, 1.82) is 0 Å². The molecule has 0 aliphatic carbocycles. The van der Waals surface area contributed by atoms with Crippen LogP contribution < -0.4 is 5.73 Å². The van der Waals surface area contributed by atoms with Gasteiger partial charge in [-0.2, -0.15) is 4.31 Å². The summed E-state index contributed by atoms with van der Waals surface area (Å²) in [5, 5.41) is 11.3. The number of halogens is 2. The Hall–Kier alpha value is -0.970. The first-order valence-corrected chi connectivity index (χ1v) is 9.44. The lowest BCUT2D eigenvalue weighted by atomic mass is 10.1. The van der Waals surface area contributed by atoms with Gasteiger partial charge in [-0.25, -0.2) is 8.42 Å². The second-order valence-corrected chi connectivity index (χ2v) is 7.83. The van der Waals surface area contributed by atoms with Gasteiger partial charge >= 0.3 is 0 Å². The second kappa shape index (κ2) is 9.65. The molecule has 25 heavy (non-hydrogen) atoms. The summed E-state index contributed by atoms with van der Waals surface area (Å²) < 4.78 is 32.3. The maximum absolute atomic E-state index is 12.7. The van der Waals surface area contributed by atoms with E-state index in [4.69, 9.17) is 22.1 Å². The molecule has 1 aliphatic heterocycles. The number of sulfonamides is 1. The Bertz CT molecular complexity index is 694. The third-order valence-electron chi connectivity index (χ3n) is 3.84. The molecule has 2 N–H and O–H groups in total. The van der Waals surface area contributed by atoms with Crippen molar-refractivity contribution >= 4 is 39.7 Å². The summed E-state index contributed by atoms with van der Waals surface area (Å²) in [7, 11) is -3.95. The van der Waals surface area contributed by atoms with Crippen molar-refractivity contribution < 1.29 is 18.1 Å². The van der Waals surface area contributed by atoms with Gasteiger partial charge < -0.3 is 10.5 Å². The van der Waals surface area contributed by atoms with Gasteiger partial charge in [0.25, 0.3) is 5.69 Å². The van der Waals surface area contributed by atoms with E-state index in [0.29, 0.717) is 26.0 Å². The summed E-state index contributed by atoms with van der Waals surface area (Å²) in [5.41, 5.74) is 4.89. The van der Waals surface area contributed by atoms with E-state index in [9.17, 15) is 18.5 Å². The van der Waals surface area contributed by atoms with Crippen molar-refractivity contribution in [1.82, 2.24) is 4.31 Å². The van der Waals surface area contributed by atoms with Gasteiger partial charge in [0.1, 0.15) is 0 Å². The molecule has 1 aromatic carbocycles. The van der Waals surface area contributed by atoms with Crippen molar-refractivity contribution in [3.05, 3.63) is 33.3 Å². The summed E-state index contributed by atoms with van der Waals surface area (Å²) in [5.74, 6) is 0. The monoisotopic (exact) mass is 413 g/mol. The van der Waals surface area contributed by atoms with Gasteiger partial charge in [-0.05, 0) is 37.9 Å². The zero-order valence-corrected chi connectivity index (χ0v) is 15.9. The van der Waals surface area contributed by atoms with Gasteiger partial charge in [0, 0.05) is 30.8 Å². The molecule has 0 radical (unpaired) electrons. The Kier molecular flexibility index (Phi) is 8.52. The average Bonchev–Trinajstić information content (AvgIpc) is 2.55. The van der Waals surface area contributed by atoms with Gasteiger partial charge in [-0.3, -0.25) is 10.1 Å². The Balaban J connectivity index is 0.00000312. The molecule has 1 fully saturated rings. The maximum atomic E-state index is 12.7. The largest absolute Gasteiger partial charge is 0.378 e. The third-order valence-corrected chi connectivity index (χ3v) is 6.02. The number of hydrogen-bond donors (Lipinski definition) is 1. The second-order valence-electron chi connectivity index (χ2n) is 5.49. The van der Waals surface area contributed by atoms with Crippen LogP contribution in [0.2, 0.25) is 5.02 Å². The molecule has 0 saturated carbocycles. The van der Waals surface area contributed by atoms with Crippen LogP contribution in [-0.4, -0.2) is 50.0 Å². The van der Waals surface area contributed by atoms with E-state index >= 15 is 0 Å². The van der Waals surface area contributed by atoms with Crippen LogP contribution >= 0.6 is 24.0 Å². The first kappa shape index (κ1) is 22.1. The molecule has 1 aliphatic rings. The number of nitro benzene ring substituents is 1. The van der Waals surface area contributed by atoms with Crippen molar-refractivity contribution in [2.24, 2.45) is 5.73 Å². The summed E-state index contributed by atoms with van der Waals surface area (Å²) in [6.45, 7) is 1.62. The van der Waals surface area contributed by atoms with Crippen LogP contribution in [0.4, 0.5) is 5.69 Å². The summed E-state index contributed by atoms with van der Waals surface area (Å²) in [4.78, 5) is 10.1. The van der Waals surface area contributed by atoms with Crippen LogP contribution in [-0.2, 0) is 14.8 Å². The smallest absolute Gasteiger partial charge is 0.290 e. The predicted octanol–water partition coefficient (Wildman–Crippen LogP) is 2.19. The number of rotatable bonds is 7. The third kappa shape index (κ3) is 5.50. The molecule has 1 aromatic rings. The molecule has 0 amide bonds. The lowest BCUT2D eigenvalue weighted by molar-refractivity contribution is -0.387. The maximum Gasteiger partial charge on any atom is 0.290 e. The standard InChI is InChI=1S/C14H20ClN3O5S.ClH/c15-11-2-3-14(13(10-11)18(19)20)24(21,22)17-7-4-12(5-8-17)23-9-1-6-16;/h2-3,10,12H,1,4-9,16H2;1H. The number of nitro groups is 1. The SMILES string of the molecule is Cl.NCCCOC1CCN(S(=O)(=O)c2ccc(Cl)cc2[N+](=O)[O-])CC1. The number of ether oxygens (including phenoxy) is 1. The predicted molar refractivity (Wildman–Crippen MR) is 96.8 cm³/mol. The topological polar surface area (TPSA) is 116 Å².